The standard InChI is InChI=1S/C62H116O6/c1-4-7-10-13-16-18-20-22-23-24-25-26-27-28-29-30-31-32-33-34-35-36-37-38-39-41-42-44-46-49-52-55-61(64)67-58-59(57-66-60(63)54-51-48-15-12-9-6-3)68-62(65)56-53-50-47-45-43-40-21-19-17-14-11-8-5-2/h20,22,24-25,59H,4-19,21,23,26-58H2,1-3H3/b22-20-,25-24-. The van der Waals surface area contributed by atoms with E-state index >= 15 is 0 Å². The molecular weight excluding hydrogens is 841 g/mol. The molecule has 1 atom stereocenters. The van der Waals surface area contributed by atoms with E-state index in [9.17, 15) is 14.4 Å². The number of allylic oxidation sites excluding steroid dienone is 4. The summed E-state index contributed by atoms with van der Waals surface area (Å²) in [6.07, 6.45) is 68.0. The van der Waals surface area contributed by atoms with E-state index in [1.165, 1.54) is 231 Å². The van der Waals surface area contributed by atoms with Crippen LogP contribution in [0.25, 0.3) is 0 Å². The molecule has 6 nitrogen and oxygen atoms in total. The zero-order valence-corrected chi connectivity index (χ0v) is 45.9. The lowest BCUT2D eigenvalue weighted by Crippen LogP contribution is -2.30. The van der Waals surface area contributed by atoms with Crippen LogP contribution in [-0.4, -0.2) is 37.2 Å². The van der Waals surface area contributed by atoms with Gasteiger partial charge in [-0.1, -0.05) is 289 Å². The van der Waals surface area contributed by atoms with Gasteiger partial charge in [0.15, 0.2) is 6.10 Å². The molecule has 0 rings (SSSR count). The zero-order chi connectivity index (χ0) is 49.3. The molecule has 6 heteroatoms. The van der Waals surface area contributed by atoms with Crippen LogP contribution in [0.3, 0.4) is 0 Å². The van der Waals surface area contributed by atoms with Gasteiger partial charge in [0.1, 0.15) is 13.2 Å². The topological polar surface area (TPSA) is 78.9 Å². The molecule has 0 heterocycles. The van der Waals surface area contributed by atoms with E-state index in [0.717, 1.165) is 64.2 Å². The lowest BCUT2D eigenvalue weighted by atomic mass is 10.0. The maximum atomic E-state index is 12.8. The van der Waals surface area contributed by atoms with Crippen molar-refractivity contribution < 1.29 is 28.6 Å². The average molecular weight is 958 g/mol. The summed E-state index contributed by atoms with van der Waals surface area (Å²) in [4.78, 5) is 37.8. The van der Waals surface area contributed by atoms with Crippen molar-refractivity contribution in [3.05, 3.63) is 24.3 Å². The quantitative estimate of drug-likeness (QED) is 0.0262. The van der Waals surface area contributed by atoms with Crippen molar-refractivity contribution in [1.82, 2.24) is 0 Å². The number of carbonyl (C=O) groups excluding carboxylic acids is 3. The highest BCUT2D eigenvalue weighted by molar-refractivity contribution is 5.71. The third kappa shape index (κ3) is 54.8. The van der Waals surface area contributed by atoms with Crippen LogP contribution in [0.4, 0.5) is 0 Å². The summed E-state index contributed by atoms with van der Waals surface area (Å²) in [5.41, 5.74) is 0. The molecule has 0 aliphatic carbocycles. The van der Waals surface area contributed by atoms with E-state index in [1.807, 2.05) is 0 Å². The summed E-state index contributed by atoms with van der Waals surface area (Å²) >= 11 is 0. The van der Waals surface area contributed by atoms with Crippen molar-refractivity contribution in [3.63, 3.8) is 0 Å². The van der Waals surface area contributed by atoms with Crippen LogP contribution in [0.5, 0.6) is 0 Å². The predicted octanol–water partition coefficient (Wildman–Crippen LogP) is 20.3. The van der Waals surface area contributed by atoms with E-state index in [1.54, 1.807) is 0 Å². The first kappa shape index (κ1) is 65.9. The second-order valence-electron chi connectivity index (χ2n) is 20.6. The molecule has 0 aliphatic rings. The Balaban J connectivity index is 3.92. The lowest BCUT2D eigenvalue weighted by Gasteiger charge is -2.18. The Morgan fingerprint density at radius 1 is 0.294 bits per heavy atom. The fraction of sp³-hybridized carbons (Fsp3) is 0.887. The van der Waals surface area contributed by atoms with Gasteiger partial charge >= 0.3 is 17.9 Å². The van der Waals surface area contributed by atoms with E-state index in [-0.39, 0.29) is 31.1 Å². The molecule has 0 spiro atoms. The van der Waals surface area contributed by atoms with E-state index in [4.69, 9.17) is 14.2 Å². The Morgan fingerprint density at radius 3 is 0.809 bits per heavy atom. The zero-order valence-electron chi connectivity index (χ0n) is 45.9. The molecular formula is C62H116O6. The highest BCUT2D eigenvalue weighted by atomic mass is 16.6. The van der Waals surface area contributed by atoms with Gasteiger partial charge in [-0.05, 0) is 51.4 Å². The number of esters is 3. The molecule has 1 unspecified atom stereocenters. The molecule has 0 saturated heterocycles. The van der Waals surface area contributed by atoms with Gasteiger partial charge in [-0.2, -0.15) is 0 Å². The molecule has 0 saturated carbocycles. The van der Waals surface area contributed by atoms with Crippen molar-refractivity contribution in [2.24, 2.45) is 0 Å². The first-order valence-corrected chi connectivity index (χ1v) is 30.3. The number of ether oxygens (including phenoxy) is 3. The summed E-state index contributed by atoms with van der Waals surface area (Å²) in [5, 5.41) is 0. The summed E-state index contributed by atoms with van der Waals surface area (Å²) in [5.74, 6) is -0.855. The van der Waals surface area contributed by atoms with Gasteiger partial charge < -0.3 is 14.2 Å². The second-order valence-corrected chi connectivity index (χ2v) is 20.6. The Labute approximate surface area is 423 Å². The normalized spacial score (nSPS) is 12.1. The molecule has 0 fully saturated rings. The van der Waals surface area contributed by atoms with Crippen molar-refractivity contribution in [3.8, 4) is 0 Å². The van der Waals surface area contributed by atoms with Crippen molar-refractivity contribution in [2.45, 2.75) is 341 Å². The molecule has 68 heavy (non-hydrogen) atoms. The van der Waals surface area contributed by atoms with E-state index < -0.39 is 6.10 Å². The molecule has 0 radical (unpaired) electrons. The van der Waals surface area contributed by atoms with Crippen LogP contribution < -0.4 is 0 Å². The number of hydrogen-bond donors (Lipinski definition) is 0. The molecule has 0 bridgehead atoms. The molecule has 0 aromatic rings. The van der Waals surface area contributed by atoms with Gasteiger partial charge in [0.25, 0.3) is 0 Å². The molecule has 400 valence electrons. The maximum Gasteiger partial charge on any atom is 0.306 e. The SMILES string of the molecule is CCCCCCC/C=C\C/C=C\CCCCCCCCCCCCCCCCCCCCCC(=O)OCC(COC(=O)CCCCCCCC)OC(=O)CCCCCCCCCCCCCCC. The highest BCUT2D eigenvalue weighted by Crippen LogP contribution is 2.17. The fourth-order valence-electron chi connectivity index (χ4n) is 9.12. The predicted molar refractivity (Wildman–Crippen MR) is 293 cm³/mol. The summed E-state index contributed by atoms with van der Waals surface area (Å²) < 4.78 is 16.8. The van der Waals surface area contributed by atoms with Gasteiger partial charge in [0, 0.05) is 19.3 Å². The maximum absolute atomic E-state index is 12.8. The van der Waals surface area contributed by atoms with Crippen LogP contribution >= 0.6 is 0 Å². The van der Waals surface area contributed by atoms with Crippen LogP contribution in [0.15, 0.2) is 24.3 Å². The summed E-state index contributed by atoms with van der Waals surface area (Å²) in [7, 11) is 0. The highest BCUT2D eigenvalue weighted by Gasteiger charge is 2.19. The van der Waals surface area contributed by atoms with Gasteiger partial charge in [0.2, 0.25) is 0 Å². The fourth-order valence-corrected chi connectivity index (χ4v) is 9.12. The Bertz CT molecular complexity index is 1100. The van der Waals surface area contributed by atoms with Crippen LogP contribution in [0.2, 0.25) is 0 Å². The molecule has 0 aliphatic heterocycles. The molecule has 0 aromatic heterocycles. The minimum Gasteiger partial charge on any atom is -0.462 e. The third-order valence-corrected chi connectivity index (χ3v) is 13.7. The number of hydrogen-bond acceptors (Lipinski definition) is 6. The molecule has 0 aromatic carbocycles. The smallest absolute Gasteiger partial charge is 0.306 e. The monoisotopic (exact) mass is 957 g/mol. The van der Waals surface area contributed by atoms with Crippen LogP contribution in [0, 0.1) is 0 Å². The van der Waals surface area contributed by atoms with Gasteiger partial charge in [-0.15, -0.1) is 0 Å². The number of carbonyl (C=O) groups is 3. The third-order valence-electron chi connectivity index (χ3n) is 13.7. The Kier molecular flexibility index (Phi) is 55.7. The molecule has 0 amide bonds. The van der Waals surface area contributed by atoms with Crippen molar-refractivity contribution >= 4 is 17.9 Å². The minimum absolute atomic E-state index is 0.0652. The average Bonchev–Trinajstić information content (AvgIpc) is 3.34. The first-order valence-electron chi connectivity index (χ1n) is 30.3. The second kappa shape index (κ2) is 57.5. The number of unbranched alkanes of at least 4 members (excludes halogenated alkanes) is 41. The van der Waals surface area contributed by atoms with Crippen LogP contribution in [0.1, 0.15) is 335 Å². The Hall–Kier alpha value is -2.11. The molecule has 0 N–H and O–H groups in total. The van der Waals surface area contributed by atoms with E-state index in [2.05, 4.69) is 45.1 Å². The van der Waals surface area contributed by atoms with E-state index in [0.29, 0.717) is 19.3 Å². The lowest BCUT2D eigenvalue weighted by molar-refractivity contribution is -0.167. The summed E-state index contributed by atoms with van der Waals surface area (Å²) in [6.45, 7) is 6.61. The van der Waals surface area contributed by atoms with Crippen molar-refractivity contribution in [2.75, 3.05) is 13.2 Å². The first-order chi connectivity index (χ1) is 33.5. The summed E-state index contributed by atoms with van der Waals surface area (Å²) in [6, 6.07) is 0. The van der Waals surface area contributed by atoms with Gasteiger partial charge in [-0.3, -0.25) is 14.4 Å². The minimum atomic E-state index is -0.762. The largest absolute Gasteiger partial charge is 0.462 e. The number of rotatable bonds is 56. The Morgan fingerprint density at radius 2 is 0.529 bits per heavy atom. The van der Waals surface area contributed by atoms with Crippen LogP contribution in [-0.2, 0) is 28.6 Å². The van der Waals surface area contributed by atoms with Crippen molar-refractivity contribution in [1.29, 1.82) is 0 Å². The van der Waals surface area contributed by atoms with Gasteiger partial charge in [-0.25, -0.2) is 0 Å². The van der Waals surface area contributed by atoms with Gasteiger partial charge in [0.05, 0.1) is 0 Å².